The van der Waals surface area contributed by atoms with Crippen LogP contribution >= 0.6 is 11.3 Å². The lowest BCUT2D eigenvalue weighted by molar-refractivity contribution is -0.127. The van der Waals surface area contributed by atoms with Gasteiger partial charge in [0.2, 0.25) is 5.91 Å². The Morgan fingerprint density at radius 2 is 2.21 bits per heavy atom. The van der Waals surface area contributed by atoms with Gasteiger partial charge in [-0.05, 0) is 30.3 Å². The summed E-state index contributed by atoms with van der Waals surface area (Å²) in [5.74, 6) is 0.649. The molecule has 0 atom stereocenters. The number of aromatic nitrogens is 1. The highest BCUT2D eigenvalue weighted by molar-refractivity contribution is 7.19. The highest BCUT2D eigenvalue weighted by Crippen LogP contribution is 2.22. The quantitative estimate of drug-likeness (QED) is 0.616. The van der Waals surface area contributed by atoms with E-state index >= 15 is 0 Å². The zero-order valence-corrected chi connectivity index (χ0v) is 14.2. The molecule has 1 aromatic carbocycles. The van der Waals surface area contributed by atoms with Crippen LogP contribution in [0.2, 0.25) is 0 Å². The maximum atomic E-state index is 12.5. The van der Waals surface area contributed by atoms with E-state index in [1.165, 1.54) is 0 Å². The number of hydrogen-bond donors (Lipinski definition) is 0. The highest BCUT2D eigenvalue weighted by Gasteiger charge is 2.13. The Kier molecular flexibility index (Phi) is 5.40. The largest absolute Gasteiger partial charge is 0.467 e. The van der Waals surface area contributed by atoms with Gasteiger partial charge in [0.15, 0.2) is 0 Å². The van der Waals surface area contributed by atoms with Crippen LogP contribution in [0.1, 0.15) is 10.8 Å². The first kappa shape index (κ1) is 16.4. The molecule has 2 heterocycles. The molecule has 0 spiro atoms. The summed E-state index contributed by atoms with van der Waals surface area (Å²) in [6, 6.07) is 11.6. The molecule has 0 saturated heterocycles. The second-order valence-electron chi connectivity index (χ2n) is 5.19. The first-order valence-corrected chi connectivity index (χ1v) is 8.42. The summed E-state index contributed by atoms with van der Waals surface area (Å²) in [4.78, 5) is 18.7. The first-order chi connectivity index (χ1) is 11.8. The van der Waals surface area contributed by atoms with E-state index in [0.717, 1.165) is 21.0 Å². The van der Waals surface area contributed by atoms with Crippen LogP contribution in [0.3, 0.4) is 0 Å². The van der Waals surface area contributed by atoms with Crippen molar-refractivity contribution in [3.8, 4) is 0 Å². The van der Waals surface area contributed by atoms with Crippen molar-refractivity contribution in [2.45, 2.75) is 6.54 Å². The topological polar surface area (TPSA) is 55.6 Å². The summed E-state index contributed by atoms with van der Waals surface area (Å²) in [6.45, 7) is 1.39. The lowest BCUT2D eigenvalue weighted by Gasteiger charge is -2.19. The standard InChI is InChI=1S/C18H18N2O3S/c1-22-12-10-20(13-14-5-4-11-23-14)18(21)9-8-17-19-15-6-2-3-7-16(15)24-17/h2-9,11H,10,12-13H2,1H3/b9-8+. The highest BCUT2D eigenvalue weighted by atomic mass is 32.1. The van der Waals surface area contributed by atoms with Crippen molar-refractivity contribution in [3.05, 3.63) is 59.5 Å². The number of thiazole rings is 1. The number of ether oxygens (including phenoxy) is 1. The molecule has 1 amide bonds. The number of para-hydroxylation sites is 1. The number of carbonyl (C=O) groups is 1. The van der Waals surface area contributed by atoms with Gasteiger partial charge in [0, 0.05) is 19.7 Å². The number of fused-ring (bicyclic) bond motifs is 1. The average Bonchev–Trinajstić information content (AvgIpc) is 3.25. The van der Waals surface area contributed by atoms with E-state index < -0.39 is 0 Å². The molecule has 3 rings (SSSR count). The molecule has 0 unspecified atom stereocenters. The minimum atomic E-state index is -0.0947. The van der Waals surface area contributed by atoms with Crippen molar-refractivity contribution in [2.75, 3.05) is 20.3 Å². The molecule has 0 aliphatic rings. The molecular formula is C18H18N2O3S. The van der Waals surface area contributed by atoms with Crippen LogP contribution < -0.4 is 0 Å². The van der Waals surface area contributed by atoms with Gasteiger partial charge in [0.25, 0.3) is 0 Å². The Bertz CT molecular complexity index is 791. The number of methoxy groups -OCH3 is 1. The second kappa shape index (κ2) is 7.90. The molecule has 24 heavy (non-hydrogen) atoms. The molecule has 0 saturated carbocycles. The zero-order valence-electron chi connectivity index (χ0n) is 13.3. The van der Waals surface area contributed by atoms with Crippen molar-refractivity contribution < 1.29 is 13.9 Å². The molecule has 0 radical (unpaired) electrons. The van der Waals surface area contributed by atoms with Crippen LogP contribution in [0.5, 0.6) is 0 Å². The van der Waals surface area contributed by atoms with E-state index in [4.69, 9.17) is 9.15 Å². The smallest absolute Gasteiger partial charge is 0.247 e. The van der Waals surface area contributed by atoms with Crippen LogP contribution in [0.15, 0.2) is 53.2 Å². The van der Waals surface area contributed by atoms with Crippen molar-refractivity contribution in [3.63, 3.8) is 0 Å². The molecule has 0 bridgehead atoms. The Balaban J connectivity index is 1.71. The summed E-state index contributed by atoms with van der Waals surface area (Å²) >= 11 is 1.56. The van der Waals surface area contributed by atoms with Gasteiger partial charge in [-0.3, -0.25) is 4.79 Å². The van der Waals surface area contributed by atoms with Gasteiger partial charge in [-0.15, -0.1) is 11.3 Å². The summed E-state index contributed by atoms with van der Waals surface area (Å²) in [5.41, 5.74) is 0.946. The normalized spacial score (nSPS) is 11.4. The van der Waals surface area contributed by atoms with Crippen LogP contribution in [-0.2, 0) is 16.1 Å². The van der Waals surface area contributed by atoms with Crippen LogP contribution in [0, 0.1) is 0 Å². The first-order valence-electron chi connectivity index (χ1n) is 7.60. The van der Waals surface area contributed by atoms with Crippen molar-refractivity contribution in [1.82, 2.24) is 9.88 Å². The monoisotopic (exact) mass is 342 g/mol. The Morgan fingerprint density at radius 1 is 1.33 bits per heavy atom. The fraction of sp³-hybridized carbons (Fsp3) is 0.222. The number of nitrogens with zero attached hydrogens (tertiary/aromatic N) is 2. The Hall–Kier alpha value is -2.44. The minimum absolute atomic E-state index is 0.0947. The predicted octanol–water partition coefficient (Wildman–Crippen LogP) is 3.58. The number of hydrogen-bond acceptors (Lipinski definition) is 5. The Labute approximate surface area is 144 Å². The third kappa shape index (κ3) is 4.10. The molecule has 0 fully saturated rings. The van der Waals surface area contributed by atoms with Crippen LogP contribution in [-0.4, -0.2) is 36.1 Å². The number of carbonyl (C=O) groups excluding carboxylic acids is 1. The fourth-order valence-corrected chi connectivity index (χ4v) is 3.14. The second-order valence-corrected chi connectivity index (χ2v) is 6.25. The molecule has 124 valence electrons. The predicted molar refractivity (Wildman–Crippen MR) is 94.7 cm³/mol. The summed E-state index contributed by atoms with van der Waals surface area (Å²) < 4.78 is 11.5. The molecule has 6 heteroatoms. The van der Waals surface area contributed by atoms with Gasteiger partial charge in [-0.2, -0.15) is 0 Å². The summed E-state index contributed by atoms with van der Waals surface area (Å²) in [7, 11) is 1.62. The molecule has 3 aromatic rings. The van der Waals surface area contributed by atoms with Gasteiger partial charge in [0.05, 0.1) is 29.6 Å². The molecule has 2 aromatic heterocycles. The SMILES string of the molecule is COCCN(Cc1ccco1)C(=O)/C=C/c1nc2ccccc2s1. The molecular weight excluding hydrogens is 324 g/mol. The third-order valence-electron chi connectivity index (χ3n) is 3.48. The van der Waals surface area contributed by atoms with Gasteiger partial charge in [0.1, 0.15) is 10.8 Å². The van der Waals surface area contributed by atoms with E-state index in [9.17, 15) is 4.79 Å². The third-order valence-corrected chi connectivity index (χ3v) is 4.48. The fourth-order valence-electron chi connectivity index (χ4n) is 2.27. The van der Waals surface area contributed by atoms with Crippen LogP contribution in [0.25, 0.3) is 16.3 Å². The van der Waals surface area contributed by atoms with Crippen molar-refractivity contribution in [1.29, 1.82) is 0 Å². The average molecular weight is 342 g/mol. The lowest BCUT2D eigenvalue weighted by atomic mass is 10.3. The lowest BCUT2D eigenvalue weighted by Crippen LogP contribution is -2.31. The number of rotatable bonds is 7. The van der Waals surface area contributed by atoms with E-state index in [0.29, 0.717) is 19.7 Å². The zero-order chi connectivity index (χ0) is 16.8. The maximum absolute atomic E-state index is 12.5. The van der Waals surface area contributed by atoms with E-state index in [2.05, 4.69) is 4.98 Å². The van der Waals surface area contributed by atoms with Gasteiger partial charge < -0.3 is 14.1 Å². The van der Waals surface area contributed by atoms with E-state index in [1.54, 1.807) is 41.8 Å². The van der Waals surface area contributed by atoms with Gasteiger partial charge in [-0.1, -0.05) is 12.1 Å². The molecule has 0 aliphatic heterocycles. The number of furan rings is 1. The van der Waals surface area contributed by atoms with Gasteiger partial charge >= 0.3 is 0 Å². The van der Waals surface area contributed by atoms with E-state index in [1.807, 2.05) is 36.4 Å². The van der Waals surface area contributed by atoms with Crippen LogP contribution in [0.4, 0.5) is 0 Å². The van der Waals surface area contributed by atoms with Crippen molar-refractivity contribution >= 4 is 33.5 Å². The molecule has 0 aliphatic carbocycles. The maximum Gasteiger partial charge on any atom is 0.247 e. The van der Waals surface area contributed by atoms with E-state index in [-0.39, 0.29) is 5.91 Å². The molecule has 5 nitrogen and oxygen atoms in total. The minimum Gasteiger partial charge on any atom is -0.467 e. The number of benzene rings is 1. The van der Waals surface area contributed by atoms with Gasteiger partial charge in [-0.25, -0.2) is 4.98 Å². The van der Waals surface area contributed by atoms with Crippen molar-refractivity contribution in [2.24, 2.45) is 0 Å². The number of amides is 1. The summed E-state index contributed by atoms with van der Waals surface area (Å²) in [6.07, 6.45) is 4.91. The Morgan fingerprint density at radius 3 is 2.96 bits per heavy atom. The summed E-state index contributed by atoms with van der Waals surface area (Å²) in [5, 5.41) is 0.814. The molecule has 0 N–H and O–H groups in total.